The van der Waals surface area contributed by atoms with Crippen LogP contribution >= 0.6 is 0 Å². The van der Waals surface area contributed by atoms with Crippen LogP contribution in [-0.2, 0) is 15.1 Å². The molecule has 1 saturated heterocycles. The van der Waals surface area contributed by atoms with E-state index >= 15 is 0 Å². The Hall–Kier alpha value is -3.62. The first-order chi connectivity index (χ1) is 14.9. The summed E-state index contributed by atoms with van der Waals surface area (Å²) in [4.78, 5) is 39.7. The van der Waals surface area contributed by atoms with E-state index < -0.39 is 35.2 Å². The topological polar surface area (TPSA) is 97.0 Å². The van der Waals surface area contributed by atoms with Gasteiger partial charge in [-0.3, -0.25) is 9.59 Å². The van der Waals surface area contributed by atoms with Crippen molar-refractivity contribution in [3.05, 3.63) is 53.8 Å². The predicted octanol–water partition coefficient (Wildman–Crippen LogP) is 2.78. The number of carbonyl (C=O) groups excluding carboxylic acids is 3. The van der Waals surface area contributed by atoms with Crippen LogP contribution in [0.15, 0.2) is 42.5 Å². The minimum Gasteiger partial charge on any atom is -0.486 e. The fourth-order valence-electron chi connectivity index (χ4n) is 3.80. The van der Waals surface area contributed by atoms with E-state index in [1.54, 1.807) is 25.1 Å². The molecule has 9 heteroatoms. The monoisotopic (exact) mass is 427 g/mol. The number of imide groups is 1. The molecule has 162 valence electrons. The van der Waals surface area contributed by atoms with Gasteiger partial charge in [0, 0.05) is 11.8 Å². The van der Waals surface area contributed by atoms with Crippen LogP contribution in [0, 0.1) is 5.82 Å². The highest BCUT2D eigenvalue weighted by molar-refractivity contribution is 6.11. The number of carbonyl (C=O) groups is 3. The lowest BCUT2D eigenvalue weighted by Crippen LogP contribution is -2.47. The molecule has 2 N–H and O–H groups in total. The molecule has 2 unspecified atom stereocenters. The number of rotatable bonds is 5. The molecule has 1 fully saturated rings. The summed E-state index contributed by atoms with van der Waals surface area (Å²) in [6.45, 7) is 4.08. The van der Waals surface area contributed by atoms with Crippen LogP contribution in [0.25, 0.3) is 0 Å². The average molecular weight is 427 g/mol. The van der Waals surface area contributed by atoms with E-state index in [9.17, 15) is 18.8 Å². The minimum atomic E-state index is -1.35. The van der Waals surface area contributed by atoms with Gasteiger partial charge in [-0.15, -0.1) is 0 Å². The molecular weight excluding hydrogens is 405 g/mol. The third-order valence-electron chi connectivity index (χ3n) is 5.57. The Morgan fingerprint density at radius 1 is 1.16 bits per heavy atom. The maximum Gasteiger partial charge on any atom is 0.326 e. The number of hydrogen-bond donors (Lipinski definition) is 2. The van der Waals surface area contributed by atoms with Gasteiger partial charge in [-0.25, -0.2) is 14.1 Å². The number of ether oxygens (including phenoxy) is 2. The first kappa shape index (κ1) is 20.6. The molecule has 31 heavy (non-hydrogen) atoms. The Labute approximate surface area is 178 Å². The molecule has 2 heterocycles. The van der Waals surface area contributed by atoms with Gasteiger partial charge in [-0.1, -0.05) is 19.1 Å². The Balaban J connectivity index is 1.54. The Kier molecular flexibility index (Phi) is 5.26. The standard InChI is InChI=1S/C22H22FN3O5/c1-3-22(14-4-6-15(23)7-5-14)20(28)26(21(29)25-22)13(2)19(27)24-16-8-9-17-18(12-16)31-11-10-30-17/h4-9,12-13H,3,10-11H2,1-2H3,(H,24,27)(H,25,29). The summed E-state index contributed by atoms with van der Waals surface area (Å²) in [5.74, 6) is -0.454. The van der Waals surface area contributed by atoms with E-state index in [2.05, 4.69) is 10.6 Å². The van der Waals surface area contributed by atoms with Gasteiger partial charge in [0.1, 0.15) is 30.6 Å². The van der Waals surface area contributed by atoms with Crippen molar-refractivity contribution in [2.75, 3.05) is 18.5 Å². The molecule has 0 bridgehead atoms. The molecule has 8 nitrogen and oxygen atoms in total. The minimum absolute atomic E-state index is 0.246. The molecule has 0 aliphatic carbocycles. The van der Waals surface area contributed by atoms with E-state index in [4.69, 9.17) is 9.47 Å². The molecule has 2 atom stereocenters. The zero-order valence-corrected chi connectivity index (χ0v) is 17.1. The lowest BCUT2D eigenvalue weighted by molar-refractivity contribution is -0.136. The predicted molar refractivity (Wildman–Crippen MR) is 109 cm³/mol. The summed E-state index contributed by atoms with van der Waals surface area (Å²) in [6, 6.07) is 8.58. The SMILES string of the molecule is CCC1(c2ccc(F)cc2)NC(=O)N(C(C)C(=O)Nc2ccc3c(c2)OCCO3)C1=O. The van der Waals surface area contributed by atoms with Crippen molar-refractivity contribution in [3.63, 3.8) is 0 Å². The number of amides is 4. The Morgan fingerprint density at radius 3 is 2.52 bits per heavy atom. The Bertz CT molecular complexity index is 1040. The zero-order valence-electron chi connectivity index (χ0n) is 17.1. The maximum atomic E-state index is 13.3. The van der Waals surface area contributed by atoms with Crippen molar-refractivity contribution in [1.82, 2.24) is 10.2 Å². The summed E-state index contributed by atoms with van der Waals surface area (Å²) in [6.07, 6.45) is 0.246. The molecule has 0 radical (unpaired) electrons. The number of halogens is 1. The second kappa shape index (κ2) is 7.90. The first-order valence-electron chi connectivity index (χ1n) is 9.98. The van der Waals surface area contributed by atoms with E-state index in [-0.39, 0.29) is 6.42 Å². The highest BCUT2D eigenvalue weighted by Crippen LogP contribution is 2.35. The molecular formula is C22H22FN3O5. The van der Waals surface area contributed by atoms with Gasteiger partial charge >= 0.3 is 6.03 Å². The summed E-state index contributed by atoms with van der Waals surface area (Å²) in [7, 11) is 0. The van der Waals surface area contributed by atoms with E-state index in [1.807, 2.05) is 0 Å². The fraction of sp³-hybridized carbons (Fsp3) is 0.318. The van der Waals surface area contributed by atoms with Crippen molar-refractivity contribution >= 4 is 23.5 Å². The summed E-state index contributed by atoms with van der Waals surface area (Å²) < 4.78 is 24.3. The zero-order chi connectivity index (χ0) is 22.2. The molecule has 4 amide bonds. The van der Waals surface area contributed by atoms with Crippen LogP contribution in [0.1, 0.15) is 25.8 Å². The molecule has 2 aliphatic heterocycles. The number of urea groups is 1. The van der Waals surface area contributed by atoms with Crippen molar-refractivity contribution < 1.29 is 28.2 Å². The lowest BCUT2D eigenvalue weighted by atomic mass is 9.87. The third-order valence-corrected chi connectivity index (χ3v) is 5.57. The fourth-order valence-corrected chi connectivity index (χ4v) is 3.80. The highest BCUT2D eigenvalue weighted by Gasteiger charge is 2.53. The van der Waals surface area contributed by atoms with Crippen molar-refractivity contribution in [2.24, 2.45) is 0 Å². The van der Waals surface area contributed by atoms with Gasteiger partial charge in [0.25, 0.3) is 5.91 Å². The number of hydrogen-bond acceptors (Lipinski definition) is 5. The van der Waals surface area contributed by atoms with Gasteiger partial charge in [0.2, 0.25) is 5.91 Å². The Morgan fingerprint density at radius 2 is 1.84 bits per heavy atom. The number of nitrogens with one attached hydrogen (secondary N) is 2. The van der Waals surface area contributed by atoms with Gasteiger partial charge in [-0.05, 0) is 43.2 Å². The summed E-state index contributed by atoms with van der Waals surface area (Å²) >= 11 is 0. The van der Waals surface area contributed by atoms with Gasteiger partial charge < -0.3 is 20.1 Å². The number of benzene rings is 2. The second-order valence-electron chi connectivity index (χ2n) is 7.39. The molecule has 4 rings (SSSR count). The van der Waals surface area contributed by atoms with Gasteiger partial charge in [0.05, 0.1) is 0 Å². The van der Waals surface area contributed by atoms with Crippen molar-refractivity contribution in [3.8, 4) is 11.5 Å². The summed E-state index contributed by atoms with van der Waals surface area (Å²) in [5, 5.41) is 5.40. The smallest absolute Gasteiger partial charge is 0.326 e. The second-order valence-corrected chi connectivity index (χ2v) is 7.39. The quantitative estimate of drug-likeness (QED) is 0.716. The highest BCUT2D eigenvalue weighted by atomic mass is 19.1. The van der Waals surface area contributed by atoms with Crippen LogP contribution in [0.3, 0.4) is 0 Å². The number of anilines is 1. The molecule has 0 aromatic heterocycles. The van der Waals surface area contributed by atoms with Crippen LogP contribution in [-0.4, -0.2) is 42.0 Å². The van der Waals surface area contributed by atoms with Crippen LogP contribution in [0.5, 0.6) is 11.5 Å². The summed E-state index contributed by atoms with van der Waals surface area (Å²) in [5.41, 5.74) is -0.443. The van der Waals surface area contributed by atoms with Gasteiger partial charge in [-0.2, -0.15) is 0 Å². The molecule has 2 aromatic rings. The first-order valence-corrected chi connectivity index (χ1v) is 9.98. The van der Waals surface area contributed by atoms with Crippen LogP contribution < -0.4 is 20.1 Å². The largest absolute Gasteiger partial charge is 0.486 e. The van der Waals surface area contributed by atoms with E-state index in [1.165, 1.54) is 31.2 Å². The third kappa shape index (κ3) is 3.56. The van der Waals surface area contributed by atoms with E-state index in [0.29, 0.717) is 36.0 Å². The van der Waals surface area contributed by atoms with Gasteiger partial charge in [0.15, 0.2) is 11.5 Å². The van der Waals surface area contributed by atoms with E-state index in [0.717, 1.165) is 4.90 Å². The van der Waals surface area contributed by atoms with Crippen LogP contribution in [0.2, 0.25) is 0 Å². The molecule has 0 saturated carbocycles. The molecule has 0 spiro atoms. The normalized spacial score (nSPS) is 20.9. The molecule has 2 aliphatic rings. The average Bonchev–Trinajstić information content (AvgIpc) is 3.04. The van der Waals surface area contributed by atoms with Crippen LogP contribution in [0.4, 0.5) is 14.9 Å². The molecule has 2 aromatic carbocycles. The number of nitrogens with zero attached hydrogens (tertiary/aromatic N) is 1. The lowest BCUT2D eigenvalue weighted by Gasteiger charge is -2.27. The van der Waals surface area contributed by atoms with Crippen molar-refractivity contribution in [1.29, 1.82) is 0 Å². The maximum absolute atomic E-state index is 13.3. The number of fused-ring (bicyclic) bond motifs is 1. The van der Waals surface area contributed by atoms with Crippen molar-refractivity contribution in [2.45, 2.75) is 31.8 Å².